The second-order valence-electron chi connectivity index (χ2n) is 3.25. The highest BCUT2D eigenvalue weighted by Crippen LogP contribution is 2.22. The van der Waals surface area contributed by atoms with Gasteiger partial charge in [-0.1, -0.05) is 6.58 Å². The van der Waals surface area contributed by atoms with E-state index in [4.69, 9.17) is 20.5 Å². The van der Waals surface area contributed by atoms with Crippen molar-refractivity contribution in [2.75, 3.05) is 20.3 Å². The number of hydrogen-bond donors (Lipinski definition) is 1. The lowest BCUT2D eigenvalue weighted by atomic mass is 10.2. The van der Waals surface area contributed by atoms with Gasteiger partial charge in [0.25, 0.3) is 0 Å². The van der Waals surface area contributed by atoms with Crippen molar-refractivity contribution in [2.24, 2.45) is 5.73 Å². The fraction of sp³-hybridized carbons (Fsp3) is 0.250. The van der Waals surface area contributed by atoms with E-state index in [-0.39, 0.29) is 0 Å². The second kappa shape index (κ2) is 5.79. The van der Waals surface area contributed by atoms with Crippen LogP contribution in [0.1, 0.15) is 5.56 Å². The Morgan fingerprint density at radius 2 is 2.12 bits per heavy atom. The number of ether oxygens (including phenoxy) is 2. The average molecular weight is 218 g/mol. The lowest BCUT2D eigenvalue weighted by Crippen LogP contribution is -2.09. The van der Waals surface area contributed by atoms with Gasteiger partial charge >= 0.3 is 0 Å². The summed E-state index contributed by atoms with van der Waals surface area (Å²) in [6, 6.07) is 7.04. The van der Waals surface area contributed by atoms with Gasteiger partial charge in [-0.3, -0.25) is 0 Å². The molecule has 84 valence electrons. The van der Waals surface area contributed by atoms with Gasteiger partial charge in [-0.2, -0.15) is 5.26 Å². The number of nitrogens with two attached hydrogens (primary N) is 1. The van der Waals surface area contributed by atoms with Gasteiger partial charge < -0.3 is 15.2 Å². The van der Waals surface area contributed by atoms with E-state index < -0.39 is 0 Å². The molecule has 0 saturated carbocycles. The number of nitrogens with zero attached hydrogens (tertiary/aromatic N) is 1. The smallest absolute Gasteiger partial charge is 0.124 e. The summed E-state index contributed by atoms with van der Waals surface area (Å²) in [4.78, 5) is 0. The monoisotopic (exact) mass is 218 g/mol. The average Bonchev–Trinajstić information content (AvgIpc) is 2.35. The van der Waals surface area contributed by atoms with E-state index in [9.17, 15) is 0 Å². The van der Waals surface area contributed by atoms with Gasteiger partial charge in [0.1, 0.15) is 18.1 Å². The van der Waals surface area contributed by atoms with Crippen molar-refractivity contribution in [3.63, 3.8) is 0 Å². The molecule has 16 heavy (non-hydrogen) atoms. The first-order valence-corrected chi connectivity index (χ1v) is 4.78. The van der Waals surface area contributed by atoms with E-state index in [1.807, 2.05) is 6.07 Å². The molecule has 0 aliphatic rings. The Bertz CT molecular complexity index is 422. The lowest BCUT2D eigenvalue weighted by Gasteiger charge is -2.09. The van der Waals surface area contributed by atoms with E-state index >= 15 is 0 Å². The number of hydrogen-bond acceptors (Lipinski definition) is 4. The molecule has 0 amide bonds. The fourth-order valence-corrected chi connectivity index (χ4v) is 1.08. The highest BCUT2D eigenvalue weighted by atomic mass is 16.5. The Balaban J connectivity index is 2.80. The first kappa shape index (κ1) is 12.1. The van der Waals surface area contributed by atoms with Crippen LogP contribution in [0.3, 0.4) is 0 Å². The van der Waals surface area contributed by atoms with E-state index in [1.54, 1.807) is 25.3 Å². The molecular formula is C12H14N2O2. The van der Waals surface area contributed by atoms with Gasteiger partial charge in [-0.25, -0.2) is 0 Å². The summed E-state index contributed by atoms with van der Waals surface area (Å²) in [5.41, 5.74) is 6.68. The van der Waals surface area contributed by atoms with Crippen molar-refractivity contribution in [3.05, 3.63) is 35.9 Å². The van der Waals surface area contributed by atoms with E-state index in [0.29, 0.717) is 30.2 Å². The number of benzene rings is 1. The molecular weight excluding hydrogens is 204 g/mol. The Labute approximate surface area is 94.9 Å². The minimum Gasteiger partial charge on any atom is -0.497 e. The molecule has 0 aliphatic carbocycles. The lowest BCUT2D eigenvalue weighted by molar-refractivity contribution is 0.346. The van der Waals surface area contributed by atoms with Gasteiger partial charge in [-0.05, 0) is 17.7 Å². The molecule has 1 aromatic carbocycles. The van der Waals surface area contributed by atoms with Crippen LogP contribution in [0.15, 0.2) is 30.4 Å². The third-order valence-corrected chi connectivity index (χ3v) is 1.98. The summed E-state index contributed by atoms with van der Waals surface area (Å²) in [5, 5.41) is 8.81. The molecule has 4 heteroatoms. The van der Waals surface area contributed by atoms with Crippen LogP contribution in [0.4, 0.5) is 0 Å². The molecule has 0 saturated heterocycles. The third-order valence-electron chi connectivity index (χ3n) is 1.98. The third kappa shape index (κ3) is 3.30. The SMILES string of the molecule is C=C(CN)COc1cc(C#N)cc(OC)c1. The van der Waals surface area contributed by atoms with Crippen molar-refractivity contribution in [1.29, 1.82) is 5.26 Å². The topological polar surface area (TPSA) is 68.3 Å². The Kier molecular flexibility index (Phi) is 4.37. The van der Waals surface area contributed by atoms with Crippen LogP contribution in [0.2, 0.25) is 0 Å². The number of nitriles is 1. The molecule has 1 rings (SSSR count). The summed E-state index contributed by atoms with van der Waals surface area (Å²) < 4.78 is 10.5. The maximum absolute atomic E-state index is 8.81. The van der Waals surface area contributed by atoms with Gasteiger partial charge in [0.05, 0.1) is 18.7 Å². The summed E-state index contributed by atoms with van der Waals surface area (Å²) in [7, 11) is 1.54. The molecule has 0 unspecified atom stereocenters. The first-order chi connectivity index (χ1) is 7.69. The largest absolute Gasteiger partial charge is 0.497 e. The van der Waals surface area contributed by atoms with Crippen LogP contribution < -0.4 is 15.2 Å². The maximum Gasteiger partial charge on any atom is 0.124 e. The van der Waals surface area contributed by atoms with Gasteiger partial charge in [0.2, 0.25) is 0 Å². The zero-order valence-corrected chi connectivity index (χ0v) is 9.19. The van der Waals surface area contributed by atoms with Crippen LogP contribution in [0.5, 0.6) is 11.5 Å². The van der Waals surface area contributed by atoms with Crippen LogP contribution in [-0.4, -0.2) is 20.3 Å². The quantitative estimate of drug-likeness (QED) is 0.760. The van der Waals surface area contributed by atoms with Gasteiger partial charge in [0.15, 0.2) is 0 Å². The molecule has 0 bridgehead atoms. The maximum atomic E-state index is 8.81. The first-order valence-electron chi connectivity index (χ1n) is 4.78. The molecule has 1 aromatic rings. The van der Waals surface area contributed by atoms with Crippen LogP contribution in [-0.2, 0) is 0 Å². The molecule has 0 aromatic heterocycles. The van der Waals surface area contributed by atoms with Crippen molar-refractivity contribution >= 4 is 0 Å². The van der Waals surface area contributed by atoms with E-state index in [1.165, 1.54) is 0 Å². The number of methoxy groups -OCH3 is 1. The van der Waals surface area contributed by atoms with Crippen LogP contribution in [0.25, 0.3) is 0 Å². The van der Waals surface area contributed by atoms with Crippen molar-refractivity contribution in [3.8, 4) is 17.6 Å². The van der Waals surface area contributed by atoms with Crippen LogP contribution in [0, 0.1) is 11.3 Å². The summed E-state index contributed by atoms with van der Waals surface area (Å²) >= 11 is 0. The summed E-state index contributed by atoms with van der Waals surface area (Å²) in [6.45, 7) is 4.45. The highest BCUT2D eigenvalue weighted by molar-refractivity contribution is 5.43. The molecule has 2 N–H and O–H groups in total. The minimum atomic E-state index is 0.342. The molecule has 4 nitrogen and oxygen atoms in total. The second-order valence-corrected chi connectivity index (χ2v) is 3.25. The number of rotatable bonds is 5. The zero-order chi connectivity index (χ0) is 12.0. The molecule has 0 heterocycles. The van der Waals surface area contributed by atoms with E-state index in [2.05, 4.69) is 6.58 Å². The van der Waals surface area contributed by atoms with E-state index in [0.717, 1.165) is 5.57 Å². The Morgan fingerprint density at radius 1 is 1.44 bits per heavy atom. The standard InChI is InChI=1S/C12H14N2O2/c1-9(6-13)8-16-12-4-10(7-14)3-11(5-12)15-2/h3-5H,1,6,8,13H2,2H3. The molecule has 0 spiro atoms. The Hall–Kier alpha value is -1.99. The molecule has 0 atom stereocenters. The van der Waals surface area contributed by atoms with Crippen molar-refractivity contribution < 1.29 is 9.47 Å². The van der Waals surface area contributed by atoms with Crippen LogP contribution >= 0.6 is 0 Å². The summed E-state index contributed by atoms with van der Waals surface area (Å²) in [6.07, 6.45) is 0. The molecule has 0 aliphatic heterocycles. The highest BCUT2D eigenvalue weighted by Gasteiger charge is 2.02. The minimum absolute atomic E-state index is 0.342. The molecule has 0 fully saturated rings. The predicted molar refractivity (Wildman–Crippen MR) is 61.4 cm³/mol. The van der Waals surface area contributed by atoms with Gasteiger partial charge in [0, 0.05) is 12.6 Å². The molecule has 0 radical (unpaired) electrons. The predicted octanol–water partition coefficient (Wildman–Crippen LogP) is 1.46. The Morgan fingerprint density at radius 3 is 2.69 bits per heavy atom. The fourth-order valence-electron chi connectivity index (χ4n) is 1.08. The van der Waals surface area contributed by atoms with Crippen molar-refractivity contribution in [1.82, 2.24) is 0 Å². The normalized spacial score (nSPS) is 9.31. The summed E-state index contributed by atoms with van der Waals surface area (Å²) in [5.74, 6) is 1.16. The van der Waals surface area contributed by atoms with Gasteiger partial charge in [-0.15, -0.1) is 0 Å². The van der Waals surface area contributed by atoms with Crippen molar-refractivity contribution in [2.45, 2.75) is 0 Å². The zero-order valence-electron chi connectivity index (χ0n) is 9.19.